The minimum absolute atomic E-state index is 0.204. The van der Waals surface area contributed by atoms with Crippen LogP contribution in [0.1, 0.15) is 17.5 Å². The molecule has 1 saturated heterocycles. The molecule has 2 aromatic rings. The topological polar surface area (TPSA) is 49.9 Å². The Bertz CT molecular complexity index is 845. The van der Waals surface area contributed by atoms with Crippen LogP contribution in [0.15, 0.2) is 48.5 Å². The van der Waals surface area contributed by atoms with Gasteiger partial charge >= 0.3 is 0 Å². The molecule has 0 spiro atoms. The van der Waals surface area contributed by atoms with Crippen molar-refractivity contribution >= 4 is 15.7 Å². The Morgan fingerprint density at radius 3 is 2.37 bits per heavy atom. The van der Waals surface area contributed by atoms with Gasteiger partial charge in [-0.3, -0.25) is 0 Å². The number of piperazine rings is 1. The van der Waals surface area contributed by atoms with Crippen LogP contribution in [0.2, 0.25) is 0 Å². The van der Waals surface area contributed by atoms with Crippen LogP contribution >= 0.6 is 0 Å². The molecular formula is C21H28N2O3S. The number of ether oxygens (including phenoxy) is 1. The molecule has 0 radical (unpaired) electrons. The summed E-state index contributed by atoms with van der Waals surface area (Å²) in [5.41, 5.74) is 3.39. The predicted molar refractivity (Wildman–Crippen MR) is 110 cm³/mol. The molecule has 27 heavy (non-hydrogen) atoms. The molecule has 0 N–H and O–H groups in total. The molecule has 0 atom stereocenters. The standard InChI is InChI=1S/C21H28N2O3S/c1-18-10-11-21(26-2)20(17-18)22-12-14-23(15-13-22)27(24,25)16-6-9-19-7-4-3-5-8-19/h3-5,7-8,10-11,17H,6,9,12-16H2,1-2H3. The van der Waals surface area contributed by atoms with Gasteiger partial charge in [-0.1, -0.05) is 36.4 Å². The summed E-state index contributed by atoms with van der Waals surface area (Å²) in [5, 5.41) is 0. The number of rotatable bonds is 7. The maximum atomic E-state index is 12.7. The second kappa shape index (κ2) is 8.76. The van der Waals surface area contributed by atoms with E-state index in [1.807, 2.05) is 42.5 Å². The molecule has 3 rings (SSSR count). The average Bonchev–Trinajstić information content (AvgIpc) is 2.69. The lowest BCUT2D eigenvalue weighted by Gasteiger charge is -2.36. The van der Waals surface area contributed by atoms with Crippen molar-refractivity contribution in [1.82, 2.24) is 4.31 Å². The average molecular weight is 389 g/mol. The summed E-state index contributed by atoms with van der Waals surface area (Å²) in [6, 6.07) is 16.1. The lowest BCUT2D eigenvalue weighted by molar-refractivity contribution is 0.378. The van der Waals surface area contributed by atoms with E-state index in [0.717, 1.165) is 17.9 Å². The van der Waals surface area contributed by atoms with Crippen molar-refractivity contribution in [1.29, 1.82) is 0 Å². The maximum Gasteiger partial charge on any atom is 0.214 e. The fraction of sp³-hybridized carbons (Fsp3) is 0.429. The van der Waals surface area contributed by atoms with Gasteiger partial charge in [-0.05, 0) is 43.0 Å². The smallest absolute Gasteiger partial charge is 0.214 e. The highest BCUT2D eigenvalue weighted by Crippen LogP contribution is 2.30. The van der Waals surface area contributed by atoms with Crippen LogP contribution < -0.4 is 9.64 Å². The second-order valence-corrected chi connectivity index (χ2v) is 9.06. The van der Waals surface area contributed by atoms with Crippen molar-refractivity contribution in [2.45, 2.75) is 19.8 Å². The first-order valence-corrected chi connectivity index (χ1v) is 11.0. The summed E-state index contributed by atoms with van der Waals surface area (Å²) in [5.74, 6) is 1.04. The lowest BCUT2D eigenvalue weighted by atomic mass is 10.1. The van der Waals surface area contributed by atoms with Crippen molar-refractivity contribution in [2.24, 2.45) is 0 Å². The first kappa shape index (κ1) is 19.7. The third kappa shape index (κ3) is 5.02. The van der Waals surface area contributed by atoms with E-state index in [-0.39, 0.29) is 5.75 Å². The minimum atomic E-state index is -3.21. The Hall–Kier alpha value is -2.05. The molecule has 146 valence electrons. The summed E-state index contributed by atoms with van der Waals surface area (Å²) in [4.78, 5) is 2.21. The zero-order chi connectivity index (χ0) is 19.3. The molecule has 2 aromatic carbocycles. The molecule has 0 aliphatic carbocycles. The van der Waals surface area contributed by atoms with Crippen molar-refractivity contribution in [3.63, 3.8) is 0 Å². The Morgan fingerprint density at radius 1 is 1.00 bits per heavy atom. The summed E-state index contributed by atoms with van der Waals surface area (Å²) in [6.07, 6.45) is 1.44. The Balaban J connectivity index is 1.55. The van der Waals surface area contributed by atoms with Crippen LogP contribution in [0.3, 0.4) is 0 Å². The van der Waals surface area contributed by atoms with Gasteiger partial charge in [0.1, 0.15) is 5.75 Å². The van der Waals surface area contributed by atoms with Gasteiger partial charge in [-0.25, -0.2) is 8.42 Å². The number of hydrogen-bond donors (Lipinski definition) is 0. The van der Waals surface area contributed by atoms with Crippen molar-refractivity contribution in [3.05, 3.63) is 59.7 Å². The number of hydrogen-bond acceptors (Lipinski definition) is 4. The molecule has 5 nitrogen and oxygen atoms in total. The molecule has 0 aromatic heterocycles. The molecule has 1 fully saturated rings. The third-order valence-electron chi connectivity index (χ3n) is 5.02. The predicted octanol–water partition coefficient (Wildman–Crippen LogP) is 3.09. The van der Waals surface area contributed by atoms with E-state index in [2.05, 4.69) is 17.9 Å². The van der Waals surface area contributed by atoms with Crippen LogP contribution in [-0.2, 0) is 16.4 Å². The molecule has 6 heteroatoms. The number of anilines is 1. The number of aryl methyl sites for hydroxylation is 2. The van der Waals surface area contributed by atoms with Crippen molar-refractivity contribution in [2.75, 3.05) is 43.9 Å². The van der Waals surface area contributed by atoms with Gasteiger partial charge in [0.25, 0.3) is 0 Å². The maximum absolute atomic E-state index is 12.7. The number of benzene rings is 2. The Labute approximate surface area is 162 Å². The van der Waals surface area contributed by atoms with Crippen LogP contribution in [0.25, 0.3) is 0 Å². The zero-order valence-corrected chi connectivity index (χ0v) is 16.9. The van der Waals surface area contributed by atoms with Crippen molar-refractivity contribution < 1.29 is 13.2 Å². The second-order valence-electron chi connectivity index (χ2n) is 6.97. The van der Waals surface area contributed by atoms with Crippen LogP contribution in [0.5, 0.6) is 5.75 Å². The van der Waals surface area contributed by atoms with E-state index in [1.54, 1.807) is 11.4 Å². The van der Waals surface area contributed by atoms with E-state index in [4.69, 9.17) is 4.74 Å². The molecule has 1 aliphatic rings. The van der Waals surface area contributed by atoms with Gasteiger partial charge in [-0.2, -0.15) is 4.31 Å². The van der Waals surface area contributed by atoms with Crippen LogP contribution in [-0.4, -0.2) is 51.8 Å². The fourth-order valence-electron chi connectivity index (χ4n) is 3.49. The zero-order valence-electron chi connectivity index (χ0n) is 16.1. The van der Waals surface area contributed by atoms with Crippen molar-refractivity contribution in [3.8, 4) is 5.75 Å². The minimum Gasteiger partial charge on any atom is -0.495 e. The first-order chi connectivity index (χ1) is 13.0. The highest BCUT2D eigenvalue weighted by atomic mass is 32.2. The normalized spacial score (nSPS) is 15.7. The van der Waals surface area contributed by atoms with Gasteiger partial charge in [-0.15, -0.1) is 0 Å². The quantitative estimate of drug-likeness (QED) is 0.731. The van der Waals surface area contributed by atoms with Gasteiger partial charge in [0.2, 0.25) is 10.0 Å². The monoisotopic (exact) mass is 388 g/mol. The Morgan fingerprint density at radius 2 is 1.70 bits per heavy atom. The largest absolute Gasteiger partial charge is 0.495 e. The third-order valence-corrected chi connectivity index (χ3v) is 6.97. The van der Waals surface area contributed by atoms with Crippen LogP contribution in [0, 0.1) is 6.92 Å². The summed E-state index contributed by atoms with van der Waals surface area (Å²) < 4.78 is 32.5. The van der Waals surface area contributed by atoms with E-state index in [0.29, 0.717) is 32.6 Å². The van der Waals surface area contributed by atoms with E-state index >= 15 is 0 Å². The van der Waals surface area contributed by atoms with Gasteiger partial charge in [0.15, 0.2) is 0 Å². The molecule has 0 saturated carbocycles. The van der Waals surface area contributed by atoms with Gasteiger partial charge in [0, 0.05) is 26.2 Å². The lowest BCUT2D eigenvalue weighted by Crippen LogP contribution is -2.49. The molecule has 1 aliphatic heterocycles. The molecule has 0 bridgehead atoms. The number of sulfonamides is 1. The molecular weight excluding hydrogens is 360 g/mol. The molecule has 0 unspecified atom stereocenters. The van der Waals surface area contributed by atoms with E-state index < -0.39 is 10.0 Å². The number of methoxy groups -OCH3 is 1. The molecule has 0 amide bonds. The van der Waals surface area contributed by atoms with Crippen LogP contribution in [0.4, 0.5) is 5.69 Å². The summed E-state index contributed by atoms with van der Waals surface area (Å²) in [7, 11) is -1.54. The van der Waals surface area contributed by atoms with E-state index in [1.165, 1.54) is 11.1 Å². The van der Waals surface area contributed by atoms with Gasteiger partial charge < -0.3 is 9.64 Å². The fourth-order valence-corrected chi connectivity index (χ4v) is 4.97. The SMILES string of the molecule is COc1ccc(C)cc1N1CCN(S(=O)(=O)CCCc2ccccc2)CC1. The summed E-state index contributed by atoms with van der Waals surface area (Å²) in [6.45, 7) is 4.45. The van der Waals surface area contributed by atoms with Gasteiger partial charge in [0.05, 0.1) is 18.6 Å². The molecule has 1 heterocycles. The summed E-state index contributed by atoms with van der Waals surface area (Å²) >= 11 is 0. The Kier molecular flexibility index (Phi) is 6.39. The highest BCUT2D eigenvalue weighted by molar-refractivity contribution is 7.89. The highest BCUT2D eigenvalue weighted by Gasteiger charge is 2.27. The number of nitrogens with zero attached hydrogens (tertiary/aromatic N) is 2. The first-order valence-electron chi connectivity index (χ1n) is 9.41. The van der Waals surface area contributed by atoms with E-state index in [9.17, 15) is 8.42 Å².